The normalized spacial score (nSPS) is 15.8. The van der Waals surface area contributed by atoms with E-state index in [-0.39, 0.29) is 10.8 Å². The van der Waals surface area contributed by atoms with E-state index in [1.165, 1.54) is 12.5 Å². The van der Waals surface area contributed by atoms with Crippen LogP contribution in [0, 0.1) is 19.8 Å². The first kappa shape index (κ1) is 15.3. The molecule has 20 heavy (non-hydrogen) atoms. The van der Waals surface area contributed by atoms with Crippen LogP contribution in [0.3, 0.4) is 0 Å². The Morgan fingerprint density at radius 1 is 1.35 bits per heavy atom. The molecule has 0 aliphatic heterocycles. The minimum absolute atomic E-state index is 0.00737. The molecular formula is C14H18ClNO3S. The van der Waals surface area contributed by atoms with Crippen LogP contribution >= 0.6 is 10.7 Å². The number of halogens is 1. The van der Waals surface area contributed by atoms with Gasteiger partial charge >= 0.3 is 0 Å². The van der Waals surface area contributed by atoms with E-state index >= 15 is 0 Å². The fraction of sp³-hybridized carbons (Fsp3) is 0.500. The molecule has 0 aromatic heterocycles. The van der Waals surface area contributed by atoms with Crippen molar-refractivity contribution in [2.75, 3.05) is 6.54 Å². The number of rotatable bonds is 4. The van der Waals surface area contributed by atoms with Crippen LogP contribution in [-0.4, -0.2) is 20.9 Å². The van der Waals surface area contributed by atoms with Crippen molar-refractivity contribution < 1.29 is 13.2 Å². The van der Waals surface area contributed by atoms with Crippen molar-refractivity contribution in [2.24, 2.45) is 5.92 Å². The van der Waals surface area contributed by atoms with Gasteiger partial charge in [-0.25, -0.2) is 8.42 Å². The molecule has 1 aliphatic carbocycles. The lowest BCUT2D eigenvalue weighted by atomic mass is 9.85. The topological polar surface area (TPSA) is 63.2 Å². The van der Waals surface area contributed by atoms with Gasteiger partial charge in [0.15, 0.2) is 0 Å². The third kappa shape index (κ3) is 3.33. The van der Waals surface area contributed by atoms with E-state index in [4.69, 9.17) is 10.7 Å². The smallest absolute Gasteiger partial charge is 0.261 e. The number of amides is 1. The Kier molecular flexibility index (Phi) is 4.39. The number of hydrogen-bond donors (Lipinski definition) is 1. The van der Waals surface area contributed by atoms with E-state index in [0.29, 0.717) is 23.6 Å². The highest BCUT2D eigenvalue weighted by Gasteiger charge is 2.21. The molecule has 1 aromatic rings. The van der Waals surface area contributed by atoms with E-state index in [2.05, 4.69) is 5.32 Å². The molecule has 0 atom stereocenters. The van der Waals surface area contributed by atoms with Crippen molar-refractivity contribution in [3.8, 4) is 0 Å². The predicted octanol–water partition coefficient (Wildman–Crippen LogP) is 2.76. The van der Waals surface area contributed by atoms with Crippen LogP contribution in [0.25, 0.3) is 0 Å². The Hall–Kier alpha value is -1.07. The molecule has 1 fully saturated rings. The Balaban J connectivity index is 2.23. The van der Waals surface area contributed by atoms with Crippen LogP contribution < -0.4 is 5.32 Å². The summed E-state index contributed by atoms with van der Waals surface area (Å²) in [7, 11) is 1.57. The van der Waals surface area contributed by atoms with Crippen LogP contribution in [-0.2, 0) is 9.05 Å². The van der Waals surface area contributed by atoms with Crippen LogP contribution in [0.15, 0.2) is 17.0 Å². The average molecular weight is 316 g/mol. The van der Waals surface area contributed by atoms with E-state index in [9.17, 15) is 13.2 Å². The van der Waals surface area contributed by atoms with Gasteiger partial charge in [-0.1, -0.05) is 6.42 Å². The molecule has 1 aromatic carbocycles. The SMILES string of the molecule is Cc1cc(C(=O)NCC2CCC2)cc(S(=O)(=O)Cl)c1C. The second-order valence-corrected chi connectivity index (χ2v) is 7.90. The fourth-order valence-electron chi connectivity index (χ4n) is 2.25. The zero-order chi connectivity index (χ0) is 14.9. The van der Waals surface area contributed by atoms with E-state index in [0.717, 1.165) is 18.4 Å². The van der Waals surface area contributed by atoms with Gasteiger partial charge in [-0.05, 0) is 55.9 Å². The molecule has 0 heterocycles. The summed E-state index contributed by atoms with van der Waals surface area (Å²) in [5.74, 6) is 0.309. The van der Waals surface area contributed by atoms with Gasteiger partial charge in [0.2, 0.25) is 0 Å². The maximum absolute atomic E-state index is 12.1. The monoisotopic (exact) mass is 315 g/mol. The third-order valence-electron chi connectivity index (χ3n) is 3.92. The minimum Gasteiger partial charge on any atom is -0.352 e. The summed E-state index contributed by atoms with van der Waals surface area (Å²) in [5, 5.41) is 2.85. The molecule has 6 heteroatoms. The highest BCUT2D eigenvalue weighted by atomic mass is 35.7. The molecule has 0 radical (unpaired) electrons. The molecule has 0 bridgehead atoms. The molecule has 110 valence electrons. The van der Waals surface area contributed by atoms with Crippen LogP contribution in [0.4, 0.5) is 0 Å². The molecule has 0 saturated heterocycles. The van der Waals surface area contributed by atoms with E-state index in [1.807, 2.05) is 0 Å². The van der Waals surface area contributed by atoms with Gasteiger partial charge in [0.1, 0.15) is 0 Å². The van der Waals surface area contributed by atoms with Crippen LogP contribution in [0.2, 0.25) is 0 Å². The molecular weight excluding hydrogens is 298 g/mol. The maximum Gasteiger partial charge on any atom is 0.261 e. The molecule has 1 amide bonds. The van der Waals surface area contributed by atoms with E-state index < -0.39 is 9.05 Å². The lowest BCUT2D eigenvalue weighted by molar-refractivity contribution is 0.0939. The number of benzene rings is 1. The predicted molar refractivity (Wildman–Crippen MR) is 78.6 cm³/mol. The van der Waals surface area contributed by atoms with Crippen LogP contribution in [0.1, 0.15) is 40.7 Å². The lowest BCUT2D eigenvalue weighted by Crippen LogP contribution is -2.32. The van der Waals surface area contributed by atoms with Crippen molar-refractivity contribution in [1.29, 1.82) is 0 Å². The Bertz CT molecular complexity index is 636. The van der Waals surface area contributed by atoms with Gasteiger partial charge in [-0.15, -0.1) is 0 Å². The van der Waals surface area contributed by atoms with Gasteiger partial charge in [0.25, 0.3) is 15.0 Å². The highest BCUT2D eigenvalue weighted by molar-refractivity contribution is 8.13. The number of nitrogens with one attached hydrogen (secondary N) is 1. The first-order chi connectivity index (χ1) is 9.29. The molecule has 4 nitrogen and oxygen atoms in total. The van der Waals surface area contributed by atoms with E-state index in [1.54, 1.807) is 19.9 Å². The molecule has 0 spiro atoms. The second-order valence-electron chi connectivity index (χ2n) is 5.36. The summed E-state index contributed by atoms with van der Waals surface area (Å²) in [6.07, 6.45) is 3.52. The number of aryl methyl sites for hydroxylation is 1. The van der Waals surface area contributed by atoms with Crippen molar-refractivity contribution in [3.05, 3.63) is 28.8 Å². The summed E-state index contributed by atoms with van der Waals surface area (Å²) in [4.78, 5) is 12.1. The molecule has 2 rings (SSSR count). The molecule has 1 N–H and O–H groups in total. The average Bonchev–Trinajstić information content (AvgIpc) is 2.28. The molecule has 1 saturated carbocycles. The van der Waals surface area contributed by atoms with Gasteiger partial charge in [-0.3, -0.25) is 4.79 Å². The maximum atomic E-state index is 12.1. The molecule has 1 aliphatic rings. The van der Waals surface area contributed by atoms with Gasteiger partial charge < -0.3 is 5.32 Å². The Morgan fingerprint density at radius 3 is 2.50 bits per heavy atom. The minimum atomic E-state index is -3.84. The number of hydrogen-bond acceptors (Lipinski definition) is 3. The first-order valence-corrected chi connectivity index (χ1v) is 8.94. The van der Waals surface area contributed by atoms with Crippen molar-refractivity contribution in [3.63, 3.8) is 0 Å². The third-order valence-corrected chi connectivity index (χ3v) is 5.37. The molecule has 0 unspecified atom stereocenters. The summed E-state index contributed by atoms with van der Waals surface area (Å²) in [6, 6.07) is 3.04. The zero-order valence-electron chi connectivity index (χ0n) is 11.6. The largest absolute Gasteiger partial charge is 0.352 e. The lowest BCUT2D eigenvalue weighted by Gasteiger charge is -2.25. The highest BCUT2D eigenvalue weighted by Crippen LogP contribution is 2.26. The first-order valence-electron chi connectivity index (χ1n) is 6.63. The summed E-state index contributed by atoms with van der Waals surface area (Å²) < 4.78 is 23.1. The summed E-state index contributed by atoms with van der Waals surface area (Å²) in [6.45, 7) is 4.10. The Labute approximate surface area is 123 Å². The number of carbonyl (C=O) groups excluding carboxylic acids is 1. The Morgan fingerprint density at radius 2 is 2.00 bits per heavy atom. The quantitative estimate of drug-likeness (QED) is 0.869. The zero-order valence-corrected chi connectivity index (χ0v) is 13.1. The van der Waals surface area contributed by atoms with Gasteiger partial charge in [-0.2, -0.15) is 0 Å². The van der Waals surface area contributed by atoms with Gasteiger partial charge in [0, 0.05) is 22.8 Å². The number of carbonyl (C=O) groups is 1. The van der Waals surface area contributed by atoms with Crippen molar-refractivity contribution >= 4 is 25.6 Å². The van der Waals surface area contributed by atoms with Crippen LogP contribution in [0.5, 0.6) is 0 Å². The summed E-state index contributed by atoms with van der Waals surface area (Å²) in [5.41, 5.74) is 1.66. The second kappa shape index (κ2) is 5.74. The fourth-order valence-corrected chi connectivity index (χ4v) is 3.52. The summed E-state index contributed by atoms with van der Waals surface area (Å²) >= 11 is 0. The van der Waals surface area contributed by atoms with Gasteiger partial charge in [0.05, 0.1) is 4.90 Å². The van der Waals surface area contributed by atoms with Crippen molar-refractivity contribution in [1.82, 2.24) is 5.32 Å². The van der Waals surface area contributed by atoms with Crippen molar-refractivity contribution in [2.45, 2.75) is 38.0 Å². The standard InChI is InChI=1S/C14H18ClNO3S/c1-9-6-12(7-13(10(9)2)20(15,18)19)14(17)16-8-11-4-3-5-11/h6-7,11H,3-5,8H2,1-2H3,(H,16,17).